The minimum absolute atomic E-state index is 0.0778. The lowest BCUT2D eigenvalue weighted by molar-refractivity contribution is -0.148. The summed E-state index contributed by atoms with van der Waals surface area (Å²) in [6.45, 7) is 10.0. The summed E-state index contributed by atoms with van der Waals surface area (Å²) in [5.74, 6) is -1.63. The molecule has 0 aromatic heterocycles. The highest BCUT2D eigenvalue weighted by molar-refractivity contribution is 5.77. The van der Waals surface area contributed by atoms with Gasteiger partial charge in [-0.05, 0) is 56.2 Å². The standard InChI is InChI=1S/C30H47NO8/c1-6-8-10-12-27(32)38-25-16-15-23(19-26(25)39-28(33)13-11-9-7-2)18-24(30(35)36)31-20-22(5)37-29(34)17-14-21(3)4/h15-16,19,21-22,24,31H,6-14,17-18,20H2,1-5H3,(H,35,36)/t22?,24-/m0/s1. The number of ether oxygens (including phenoxy) is 3. The Kier molecular flexibility index (Phi) is 16.8. The van der Waals surface area contributed by atoms with Crippen molar-refractivity contribution in [2.75, 3.05) is 6.54 Å². The van der Waals surface area contributed by atoms with E-state index in [0.29, 0.717) is 30.7 Å². The molecule has 0 heterocycles. The molecule has 0 saturated heterocycles. The molecule has 0 fully saturated rings. The lowest BCUT2D eigenvalue weighted by atomic mass is 10.0. The van der Waals surface area contributed by atoms with Gasteiger partial charge >= 0.3 is 23.9 Å². The highest BCUT2D eigenvalue weighted by atomic mass is 16.6. The average Bonchev–Trinajstić information content (AvgIpc) is 2.86. The Bertz CT molecular complexity index is 914. The number of rotatable bonds is 20. The predicted octanol–water partition coefficient (Wildman–Crippen LogP) is 5.61. The Balaban J connectivity index is 2.91. The quantitative estimate of drug-likeness (QED) is 0.121. The van der Waals surface area contributed by atoms with Gasteiger partial charge in [0.1, 0.15) is 12.1 Å². The molecule has 1 aromatic carbocycles. The fraction of sp³-hybridized carbons (Fsp3) is 0.667. The van der Waals surface area contributed by atoms with Crippen LogP contribution in [0.4, 0.5) is 0 Å². The number of unbranched alkanes of at least 4 members (excludes halogenated alkanes) is 4. The van der Waals surface area contributed by atoms with Gasteiger partial charge in [-0.1, -0.05) is 59.4 Å². The molecule has 1 rings (SSSR count). The summed E-state index contributed by atoms with van der Waals surface area (Å²) in [6.07, 6.45) is 6.24. The highest BCUT2D eigenvalue weighted by Crippen LogP contribution is 2.30. The topological polar surface area (TPSA) is 128 Å². The number of aliphatic carboxylic acids is 1. The van der Waals surface area contributed by atoms with E-state index in [2.05, 4.69) is 5.32 Å². The van der Waals surface area contributed by atoms with Crippen LogP contribution >= 0.6 is 0 Å². The number of hydrogen-bond donors (Lipinski definition) is 2. The van der Waals surface area contributed by atoms with Crippen LogP contribution < -0.4 is 14.8 Å². The number of nitrogens with one attached hydrogen (secondary N) is 1. The minimum atomic E-state index is -1.07. The van der Waals surface area contributed by atoms with Crippen molar-refractivity contribution in [1.29, 1.82) is 0 Å². The molecule has 0 spiro atoms. The van der Waals surface area contributed by atoms with E-state index in [1.54, 1.807) is 19.1 Å². The number of benzene rings is 1. The van der Waals surface area contributed by atoms with Gasteiger partial charge in [0.05, 0.1) is 0 Å². The molecular formula is C30H47NO8. The monoisotopic (exact) mass is 549 g/mol. The summed E-state index contributed by atoms with van der Waals surface area (Å²) in [5, 5.41) is 12.7. The normalized spacial score (nSPS) is 12.6. The van der Waals surface area contributed by atoms with Gasteiger partial charge < -0.3 is 24.6 Å². The Morgan fingerprint density at radius 1 is 0.821 bits per heavy atom. The molecule has 0 bridgehead atoms. The Morgan fingerprint density at radius 2 is 1.41 bits per heavy atom. The maximum atomic E-state index is 12.4. The predicted molar refractivity (Wildman–Crippen MR) is 149 cm³/mol. The Morgan fingerprint density at radius 3 is 1.95 bits per heavy atom. The summed E-state index contributed by atoms with van der Waals surface area (Å²) < 4.78 is 16.4. The summed E-state index contributed by atoms with van der Waals surface area (Å²) in [7, 11) is 0. The molecule has 220 valence electrons. The van der Waals surface area contributed by atoms with Crippen LogP contribution in [0.5, 0.6) is 11.5 Å². The number of carboxylic acids is 1. The van der Waals surface area contributed by atoms with Gasteiger partial charge in [0.15, 0.2) is 11.5 Å². The third-order valence-electron chi connectivity index (χ3n) is 6.07. The molecule has 39 heavy (non-hydrogen) atoms. The van der Waals surface area contributed by atoms with E-state index in [4.69, 9.17) is 14.2 Å². The number of carbonyl (C=O) groups excluding carboxylic acids is 3. The second-order valence-corrected chi connectivity index (χ2v) is 10.4. The molecule has 2 atom stereocenters. The molecule has 0 amide bonds. The van der Waals surface area contributed by atoms with Gasteiger partial charge in [-0.3, -0.25) is 19.2 Å². The van der Waals surface area contributed by atoms with Crippen LogP contribution in [0, 0.1) is 5.92 Å². The van der Waals surface area contributed by atoms with Gasteiger partial charge in [-0.15, -0.1) is 0 Å². The highest BCUT2D eigenvalue weighted by Gasteiger charge is 2.22. The van der Waals surface area contributed by atoms with Crippen LogP contribution in [-0.4, -0.2) is 47.7 Å². The second kappa shape index (κ2) is 19.2. The first-order chi connectivity index (χ1) is 18.5. The zero-order chi connectivity index (χ0) is 29.2. The van der Waals surface area contributed by atoms with E-state index in [1.165, 1.54) is 6.07 Å². The van der Waals surface area contributed by atoms with Crippen LogP contribution in [-0.2, 0) is 30.3 Å². The van der Waals surface area contributed by atoms with E-state index in [9.17, 15) is 24.3 Å². The van der Waals surface area contributed by atoms with Crippen molar-refractivity contribution < 1.29 is 38.5 Å². The maximum absolute atomic E-state index is 12.4. The fourth-order valence-electron chi connectivity index (χ4n) is 3.75. The second-order valence-electron chi connectivity index (χ2n) is 10.4. The number of carbonyl (C=O) groups is 4. The van der Waals surface area contributed by atoms with E-state index in [1.807, 2.05) is 27.7 Å². The smallest absolute Gasteiger partial charge is 0.321 e. The SMILES string of the molecule is CCCCCC(=O)Oc1ccc(C[C@H](NCC(C)OC(=O)CCC(C)C)C(=O)O)cc1OC(=O)CCCCC. The maximum Gasteiger partial charge on any atom is 0.321 e. The Hall–Kier alpha value is -2.94. The van der Waals surface area contributed by atoms with Crippen molar-refractivity contribution in [3.05, 3.63) is 23.8 Å². The average molecular weight is 550 g/mol. The summed E-state index contributed by atoms with van der Waals surface area (Å²) >= 11 is 0. The molecule has 1 aromatic rings. The molecule has 9 nitrogen and oxygen atoms in total. The van der Waals surface area contributed by atoms with Crippen LogP contribution in [0.1, 0.15) is 104 Å². The first-order valence-electron chi connectivity index (χ1n) is 14.3. The van der Waals surface area contributed by atoms with Gasteiger partial charge in [0, 0.05) is 25.8 Å². The molecule has 0 aliphatic carbocycles. The van der Waals surface area contributed by atoms with Crippen molar-refractivity contribution >= 4 is 23.9 Å². The molecule has 0 aliphatic heterocycles. The van der Waals surface area contributed by atoms with Gasteiger partial charge in [-0.2, -0.15) is 0 Å². The summed E-state index contributed by atoms with van der Waals surface area (Å²) in [4.78, 5) is 48.6. The summed E-state index contributed by atoms with van der Waals surface area (Å²) in [5.41, 5.74) is 0.582. The van der Waals surface area contributed by atoms with Gasteiger partial charge in [0.25, 0.3) is 0 Å². The van der Waals surface area contributed by atoms with E-state index < -0.39 is 30.1 Å². The van der Waals surface area contributed by atoms with Crippen LogP contribution in [0.15, 0.2) is 18.2 Å². The molecular weight excluding hydrogens is 502 g/mol. The molecule has 1 unspecified atom stereocenters. The van der Waals surface area contributed by atoms with Crippen LogP contribution in [0.25, 0.3) is 0 Å². The van der Waals surface area contributed by atoms with E-state index >= 15 is 0 Å². The zero-order valence-corrected chi connectivity index (χ0v) is 24.3. The molecule has 9 heteroatoms. The zero-order valence-electron chi connectivity index (χ0n) is 24.3. The van der Waals surface area contributed by atoms with Crippen molar-refractivity contribution in [2.45, 2.75) is 117 Å². The lowest BCUT2D eigenvalue weighted by Gasteiger charge is -2.19. The third-order valence-corrected chi connectivity index (χ3v) is 6.07. The van der Waals surface area contributed by atoms with Crippen molar-refractivity contribution in [1.82, 2.24) is 5.32 Å². The number of carboxylic acid groups (broad SMARTS) is 1. The number of esters is 3. The van der Waals surface area contributed by atoms with Crippen molar-refractivity contribution in [3.63, 3.8) is 0 Å². The third kappa shape index (κ3) is 15.3. The largest absolute Gasteiger partial charge is 0.480 e. The molecule has 2 N–H and O–H groups in total. The number of hydrogen-bond acceptors (Lipinski definition) is 8. The van der Waals surface area contributed by atoms with Crippen LogP contribution in [0.3, 0.4) is 0 Å². The molecule has 0 aliphatic rings. The summed E-state index contributed by atoms with van der Waals surface area (Å²) in [6, 6.07) is 3.74. The van der Waals surface area contributed by atoms with Gasteiger partial charge in [-0.25, -0.2) is 0 Å². The first kappa shape index (κ1) is 34.1. The minimum Gasteiger partial charge on any atom is -0.480 e. The molecule has 0 radical (unpaired) electrons. The van der Waals surface area contributed by atoms with Crippen molar-refractivity contribution in [2.24, 2.45) is 5.92 Å². The first-order valence-corrected chi connectivity index (χ1v) is 14.3. The van der Waals surface area contributed by atoms with E-state index in [0.717, 1.165) is 32.1 Å². The van der Waals surface area contributed by atoms with Crippen molar-refractivity contribution in [3.8, 4) is 11.5 Å². The fourth-order valence-corrected chi connectivity index (χ4v) is 3.75. The Labute approximate surface area is 233 Å². The van der Waals surface area contributed by atoms with Crippen LogP contribution in [0.2, 0.25) is 0 Å². The lowest BCUT2D eigenvalue weighted by Crippen LogP contribution is -2.42. The van der Waals surface area contributed by atoms with E-state index in [-0.39, 0.29) is 43.3 Å². The van der Waals surface area contributed by atoms with Gasteiger partial charge in [0.2, 0.25) is 0 Å². The molecule has 0 saturated carbocycles.